The first-order chi connectivity index (χ1) is 4.80. The van der Waals surface area contributed by atoms with Gasteiger partial charge in [-0.15, -0.1) is 0 Å². The van der Waals surface area contributed by atoms with Gasteiger partial charge in [0.2, 0.25) is 0 Å². The number of halogens is 1. The highest BCUT2D eigenvalue weighted by Gasteiger charge is 2.17. The number of rotatable bonds is 1. The van der Waals surface area contributed by atoms with Crippen LogP contribution in [0.15, 0.2) is 0 Å². The summed E-state index contributed by atoms with van der Waals surface area (Å²) in [5, 5.41) is 0. The van der Waals surface area contributed by atoms with Gasteiger partial charge in [0.1, 0.15) is 0 Å². The third kappa shape index (κ3) is 4.31. The lowest BCUT2D eigenvalue weighted by atomic mass is 10.4. The Hall–Kier alpha value is 1.39. The zero-order valence-electron chi connectivity index (χ0n) is 6.63. The Morgan fingerprint density at radius 2 is 1.60 bits per heavy atom. The molecule has 4 heteroatoms. The molecule has 1 rings (SSSR count). The van der Waals surface area contributed by atoms with Crippen LogP contribution < -0.4 is 0 Å². The van der Waals surface area contributed by atoms with Crippen LogP contribution in [0, 0.1) is 0 Å². The molecular formula is C6H14INS2. The van der Waals surface area contributed by atoms with Crippen molar-refractivity contribution in [1.82, 2.24) is 4.90 Å². The Morgan fingerprint density at radius 1 is 1.20 bits per heavy atom. The molecule has 0 aromatic rings. The molecule has 0 radical (unpaired) electrons. The minimum atomic E-state index is 0.824. The van der Waals surface area contributed by atoms with Crippen LogP contribution in [0.2, 0.25) is 0 Å². The van der Waals surface area contributed by atoms with E-state index in [0.29, 0.717) is 0 Å². The highest BCUT2D eigenvalue weighted by molar-refractivity contribution is 14.1. The SMILES string of the molecule is CI.CN(C)C1CSSC1. The summed E-state index contributed by atoms with van der Waals surface area (Å²) in [5.74, 6) is 2.61. The summed E-state index contributed by atoms with van der Waals surface area (Å²) in [7, 11) is 8.27. The van der Waals surface area contributed by atoms with Gasteiger partial charge in [0.05, 0.1) is 0 Å². The van der Waals surface area contributed by atoms with Crippen LogP contribution in [-0.4, -0.2) is 41.5 Å². The monoisotopic (exact) mass is 291 g/mol. The van der Waals surface area contributed by atoms with Crippen LogP contribution in [-0.2, 0) is 0 Å². The number of hydrogen-bond donors (Lipinski definition) is 0. The van der Waals surface area contributed by atoms with Gasteiger partial charge in [-0.2, -0.15) is 0 Å². The lowest BCUT2D eigenvalue weighted by Crippen LogP contribution is -2.29. The average Bonchev–Trinajstić information content (AvgIpc) is 2.42. The molecule has 0 amide bonds. The van der Waals surface area contributed by atoms with Gasteiger partial charge in [0, 0.05) is 17.5 Å². The highest BCUT2D eigenvalue weighted by atomic mass is 127. The Kier molecular flexibility index (Phi) is 8.04. The molecule has 0 bridgehead atoms. The molecule has 1 aliphatic rings. The van der Waals surface area contributed by atoms with Gasteiger partial charge in [0.25, 0.3) is 0 Å². The molecule has 0 saturated carbocycles. The lowest BCUT2D eigenvalue weighted by molar-refractivity contribution is 0.347. The van der Waals surface area contributed by atoms with Crippen molar-refractivity contribution in [3.8, 4) is 0 Å². The summed E-state index contributed by atoms with van der Waals surface area (Å²) in [5.41, 5.74) is 0. The fraction of sp³-hybridized carbons (Fsp3) is 1.00. The Balaban J connectivity index is 0.000000371. The maximum atomic E-state index is 2.30. The van der Waals surface area contributed by atoms with E-state index in [-0.39, 0.29) is 0 Å². The van der Waals surface area contributed by atoms with E-state index in [2.05, 4.69) is 41.6 Å². The smallest absolute Gasteiger partial charge is 0.0287 e. The molecule has 1 fully saturated rings. The largest absolute Gasteiger partial charge is 0.305 e. The van der Waals surface area contributed by atoms with E-state index in [1.165, 1.54) is 11.5 Å². The fourth-order valence-electron chi connectivity index (χ4n) is 0.600. The van der Waals surface area contributed by atoms with Crippen LogP contribution in [0.3, 0.4) is 0 Å². The Bertz CT molecular complexity index is 74.1. The molecule has 1 nitrogen and oxygen atoms in total. The number of alkyl halides is 1. The van der Waals surface area contributed by atoms with Gasteiger partial charge in [-0.05, 0) is 19.0 Å². The summed E-state index contributed by atoms with van der Waals surface area (Å²) in [6, 6.07) is 0.824. The Labute approximate surface area is 85.2 Å². The molecular weight excluding hydrogens is 277 g/mol. The van der Waals surface area contributed by atoms with Crippen LogP contribution in [0.25, 0.3) is 0 Å². The first-order valence-electron chi connectivity index (χ1n) is 3.09. The maximum Gasteiger partial charge on any atom is 0.0287 e. The van der Waals surface area contributed by atoms with E-state index in [9.17, 15) is 0 Å². The van der Waals surface area contributed by atoms with Crippen LogP contribution in [0.1, 0.15) is 0 Å². The minimum Gasteiger partial charge on any atom is -0.305 e. The molecule has 0 atom stereocenters. The summed E-state index contributed by atoms with van der Waals surface area (Å²) < 4.78 is 0. The van der Waals surface area contributed by atoms with Crippen molar-refractivity contribution in [3.05, 3.63) is 0 Å². The third-order valence-electron chi connectivity index (χ3n) is 1.33. The second kappa shape index (κ2) is 7.06. The summed E-state index contributed by atoms with van der Waals surface area (Å²) >= 11 is 2.15. The van der Waals surface area contributed by atoms with Gasteiger partial charge in [-0.3, -0.25) is 0 Å². The van der Waals surface area contributed by atoms with E-state index in [0.717, 1.165) is 6.04 Å². The molecule has 1 aliphatic heterocycles. The quantitative estimate of drug-likeness (QED) is 0.415. The van der Waals surface area contributed by atoms with Gasteiger partial charge < -0.3 is 4.90 Å². The third-order valence-corrected chi connectivity index (χ3v) is 3.86. The van der Waals surface area contributed by atoms with Crippen molar-refractivity contribution in [2.24, 2.45) is 0 Å². The number of nitrogens with zero attached hydrogens (tertiary/aromatic N) is 1. The van der Waals surface area contributed by atoms with Crippen molar-refractivity contribution in [2.75, 3.05) is 30.5 Å². The standard InChI is InChI=1S/C5H11NS2.CH3I/c1-6(2)5-3-7-8-4-5;1-2/h5H,3-4H2,1-2H3;1H3. The molecule has 0 aromatic heterocycles. The molecule has 0 aliphatic carbocycles. The van der Waals surface area contributed by atoms with Crippen molar-refractivity contribution in [1.29, 1.82) is 0 Å². The second-order valence-corrected chi connectivity index (χ2v) is 4.74. The predicted octanol–water partition coefficient (Wildman–Crippen LogP) is 2.36. The van der Waals surface area contributed by atoms with E-state index in [1.807, 2.05) is 26.5 Å². The molecule has 0 aromatic carbocycles. The molecule has 0 N–H and O–H groups in total. The zero-order chi connectivity index (χ0) is 7.98. The molecule has 1 heterocycles. The van der Waals surface area contributed by atoms with Crippen LogP contribution in [0.5, 0.6) is 0 Å². The number of hydrogen-bond acceptors (Lipinski definition) is 3. The molecule has 1 saturated heterocycles. The van der Waals surface area contributed by atoms with Crippen molar-refractivity contribution in [3.63, 3.8) is 0 Å². The van der Waals surface area contributed by atoms with Crippen molar-refractivity contribution < 1.29 is 0 Å². The Morgan fingerprint density at radius 3 is 1.80 bits per heavy atom. The fourth-order valence-corrected chi connectivity index (χ4v) is 3.61. The van der Waals surface area contributed by atoms with Gasteiger partial charge >= 0.3 is 0 Å². The average molecular weight is 291 g/mol. The van der Waals surface area contributed by atoms with E-state index in [1.54, 1.807) is 0 Å². The molecule has 0 spiro atoms. The van der Waals surface area contributed by atoms with Gasteiger partial charge in [0.15, 0.2) is 0 Å². The molecule has 10 heavy (non-hydrogen) atoms. The summed E-state index contributed by atoms with van der Waals surface area (Å²) in [6.07, 6.45) is 0. The lowest BCUT2D eigenvalue weighted by Gasteiger charge is -2.15. The minimum absolute atomic E-state index is 0.824. The van der Waals surface area contributed by atoms with E-state index < -0.39 is 0 Å². The first kappa shape index (κ1) is 11.4. The second-order valence-electron chi connectivity index (χ2n) is 2.19. The topological polar surface area (TPSA) is 3.24 Å². The van der Waals surface area contributed by atoms with Crippen molar-refractivity contribution in [2.45, 2.75) is 6.04 Å². The predicted molar refractivity (Wildman–Crippen MR) is 62.3 cm³/mol. The normalized spacial score (nSPS) is 18.9. The first-order valence-corrected chi connectivity index (χ1v) is 7.74. The highest BCUT2D eigenvalue weighted by Crippen LogP contribution is 2.32. The summed E-state index contributed by atoms with van der Waals surface area (Å²) in [6.45, 7) is 0. The van der Waals surface area contributed by atoms with Gasteiger partial charge in [-0.1, -0.05) is 44.2 Å². The molecule has 62 valence electrons. The van der Waals surface area contributed by atoms with Crippen LogP contribution >= 0.6 is 44.2 Å². The zero-order valence-corrected chi connectivity index (χ0v) is 10.4. The maximum absolute atomic E-state index is 2.30. The summed E-state index contributed by atoms with van der Waals surface area (Å²) in [4.78, 5) is 4.27. The van der Waals surface area contributed by atoms with E-state index >= 15 is 0 Å². The van der Waals surface area contributed by atoms with Crippen LogP contribution in [0.4, 0.5) is 0 Å². The van der Waals surface area contributed by atoms with Crippen molar-refractivity contribution >= 4 is 44.2 Å². The van der Waals surface area contributed by atoms with Gasteiger partial charge in [-0.25, -0.2) is 0 Å². The molecule has 0 unspecified atom stereocenters. The van der Waals surface area contributed by atoms with E-state index in [4.69, 9.17) is 0 Å².